The third-order valence-corrected chi connectivity index (χ3v) is 3.33. The molecule has 2 N–H and O–H groups in total. The molecule has 1 aromatic carbocycles. The Morgan fingerprint density at radius 3 is 2.59 bits per heavy atom. The van der Waals surface area contributed by atoms with E-state index in [9.17, 15) is 0 Å². The van der Waals surface area contributed by atoms with Crippen LogP contribution in [0.15, 0.2) is 33.7 Å². The van der Waals surface area contributed by atoms with Gasteiger partial charge < -0.3 is 10.3 Å². The first kappa shape index (κ1) is 12.1. The van der Waals surface area contributed by atoms with Crippen LogP contribution < -0.4 is 5.73 Å². The lowest BCUT2D eigenvalue weighted by molar-refractivity contribution is 0.387. The van der Waals surface area contributed by atoms with Crippen LogP contribution in [0.1, 0.15) is 30.2 Å². The smallest absolute Gasteiger partial charge is 0.236 e. The lowest BCUT2D eigenvalue weighted by Crippen LogP contribution is -2.04. The average Bonchev–Trinajstić information content (AvgIpc) is 2.73. The van der Waals surface area contributed by atoms with E-state index in [1.54, 1.807) is 11.8 Å². The molecule has 0 saturated heterocycles. The number of nitrogens with two attached hydrogens (primary N) is 1. The molecule has 1 unspecified atom stereocenters. The van der Waals surface area contributed by atoms with Crippen molar-refractivity contribution in [2.45, 2.75) is 30.5 Å². The third-order valence-electron chi connectivity index (χ3n) is 2.34. The largest absolute Gasteiger partial charge is 0.338 e. The molecule has 0 bridgehead atoms. The predicted octanol–water partition coefficient (Wildman–Crippen LogP) is 2.69. The van der Waals surface area contributed by atoms with Gasteiger partial charge in [-0.15, -0.1) is 11.8 Å². The van der Waals surface area contributed by atoms with Crippen molar-refractivity contribution < 1.29 is 4.52 Å². The Morgan fingerprint density at radius 2 is 2.06 bits per heavy atom. The standard InChI is InChI=1S/C12H15N3OS/c1-8(13)10-3-5-11(6-4-10)17-7-12-14-9(2)15-16-12/h3-6,8H,7,13H2,1-2H3. The van der Waals surface area contributed by atoms with Crippen LogP contribution in [0.25, 0.3) is 0 Å². The Morgan fingerprint density at radius 1 is 1.35 bits per heavy atom. The first-order valence-corrected chi connectivity index (χ1v) is 6.41. The van der Waals surface area contributed by atoms with Crippen LogP contribution in [0.3, 0.4) is 0 Å². The first-order valence-electron chi connectivity index (χ1n) is 5.42. The van der Waals surface area contributed by atoms with Gasteiger partial charge in [0.25, 0.3) is 0 Å². The number of aryl methyl sites for hydroxylation is 1. The summed E-state index contributed by atoms with van der Waals surface area (Å²) in [6.07, 6.45) is 0. The van der Waals surface area contributed by atoms with Crippen LogP contribution in [0.5, 0.6) is 0 Å². The molecule has 0 aliphatic heterocycles. The number of benzene rings is 1. The number of aromatic nitrogens is 2. The molecule has 0 spiro atoms. The molecular weight excluding hydrogens is 234 g/mol. The molecule has 2 rings (SSSR count). The highest BCUT2D eigenvalue weighted by molar-refractivity contribution is 7.98. The highest BCUT2D eigenvalue weighted by Crippen LogP contribution is 2.23. The summed E-state index contributed by atoms with van der Waals surface area (Å²) in [5.74, 6) is 2.02. The maximum absolute atomic E-state index is 5.79. The zero-order chi connectivity index (χ0) is 12.3. The van der Waals surface area contributed by atoms with Gasteiger partial charge in [-0.3, -0.25) is 0 Å². The summed E-state index contributed by atoms with van der Waals surface area (Å²) in [5.41, 5.74) is 6.93. The van der Waals surface area contributed by atoms with Crippen LogP contribution in [0.2, 0.25) is 0 Å². The molecule has 5 heteroatoms. The normalized spacial score (nSPS) is 12.6. The zero-order valence-corrected chi connectivity index (χ0v) is 10.7. The highest BCUT2D eigenvalue weighted by atomic mass is 32.2. The predicted molar refractivity (Wildman–Crippen MR) is 67.6 cm³/mol. The van der Waals surface area contributed by atoms with E-state index in [1.807, 2.05) is 26.0 Å². The van der Waals surface area contributed by atoms with Gasteiger partial charge in [-0.1, -0.05) is 17.3 Å². The molecule has 0 amide bonds. The van der Waals surface area contributed by atoms with E-state index in [2.05, 4.69) is 22.3 Å². The minimum Gasteiger partial charge on any atom is -0.338 e. The van der Waals surface area contributed by atoms with Crippen LogP contribution in [-0.4, -0.2) is 10.1 Å². The second-order valence-corrected chi connectivity index (χ2v) is 4.93. The molecule has 90 valence electrons. The van der Waals surface area contributed by atoms with Crippen LogP contribution in [-0.2, 0) is 5.75 Å². The van der Waals surface area contributed by atoms with E-state index in [1.165, 1.54) is 4.90 Å². The maximum atomic E-state index is 5.79. The quantitative estimate of drug-likeness (QED) is 0.844. The topological polar surface area (TPSA) is 64.9 Å². The van der Waals surface area contributed by atoms with Crippen molar-refractivity contribution in [1.29, 1.82) is 0 Å². The molecule has 0 saturated carbocycles. The second kappa shape index (κ2) is 5.33. The van der Waals surface area contributed by atoms with Crippen LogP contribution in [0, 0.1) is 6.92 Å². The molecule has 0 radical (unpaired) electrons. The molecule has 1 heterocycles. The number of nitrogens with zero attached hydrogens (tertiary/aromatic N) is 2. The van der Waals surface area contributed by atoms with Gasteiger partial charge in [0.15, 0.2) is 5.82 Å². The molecule has 0 fully saturated rings. The van der Waals surface area contributed by atoms with E-state index in [-0.39, 0.29) is 6.04 Å². The number of hydrogen-bond donors (Lipinski definition) is 1. The van der Waals surface area contributed by atoms with Crippen molar-refractivity contribution in [2.24, 2.45) is 5.73 Å². The van der Waals surface area contributed by atoms with E-state index in [0.29, 0.717) is 17.5 Å². The summed E-state index contributed by atoms with van der Waals surface area (Å²) in [6, 6.07) is 8.30. The molecule has 1 aromatic heterocycles. The van der Waals surface area contributed by atoms with Gasteiger partial charge in [0.05, 0.1) is 5.75 Å². The van der Waals surface area contributed by atoms with Crippen LogP contribution >= 0.6 is 11.8 Å². The maximum Gasteiger partial charge on any atom is 0.236 e. The van der Waals surface area contributed by atoms with Crippen molar-refractivity contribution in [3.63, 3.8) is 0 Å². The fourth-order valence-electron chi connectivity index (χ4n) is 1.41. The van der Waals surface area contributed by atoms with Crippen LogP contribution in [0.4, 0.5) is 0 Å². The van der Waals surface area contributed by atoms with Crippen molar-refractivity contribution in [2.75, 3.05) is 0 Å². The summed E-state index contributed by atoms with van der Waals surface area (Å²) in [5, 5.41) is 3.75. The second-order valence-electron chi connectivity index (χ2n) is 3.88. The van der Waals surface area contributed by atoms with Gasteiger partial charge in [0.1, 0.15) is 0 Å². The number of rotatable bonds is 4. The highest BCUT2D eigenvalue weighted by Gasteiger charge is 2.04. The van der Waals surface area contributed by atoms with Crippen molar-refractivity contribution in [1.82, 2.24) is 10.1 Å². The molecule has 17 heavy (non-hydrogen) atoms. The fraction of sp³-hybridized carbons (Fsp3) is 0.333. The van der Waals surface area contributed by atoms with Crippen molar-refractivity contribution >= 4 is 11.8 Å². The van der Waals surface area contributed by atoms with E-state index >= 15 is 0 Å². The molecule has 0 aliphatic rings. The van der Waals surface area contributed by atoms with Gasteiger partial charge in [0, 0.05) is 10.9 Å². The molecule has 1 atom stereocenters. The monoisotopic (exact) mass is 249 g/mol. The van der Waals surface area contributed by atoms with Gasteiger partial charge in [0.2, 0.25) is 5.89 Å². The first-order chi connectivity index (χ1) is 8.15. The van der Waals surface area contributed by atoms with Gasteiger partial charge in [-0.25, -0.2) is 0 Å². The lowest BCUT2D eigenvalue weighted by atomic mass is 10.1. The third kappa shape index (κ3) is 3.31. The van der Waals surface area contributed by atoms with E-state index < -0.39 is 0 Å². The van der Waals surface area contributed by atoms with Crippen molar-refractivity contribution in [3.05, 3.63) is 41.5 Å². The number of thioether (sulfide) groups is 1. The molecular formula is C12H15N3OS. The Kier molecular flexibility index (Phi) is 3.81. The van der Waals surface area contributed by atoms with E-state index in [0.717, 1.165) is 5.56 Å². The average molecular weight is 249 g/mol. The lowest BCUT2D eigenvalue weighted by Gasteiger charge is -2.05. The minimum absolute atomic E-state index is 0.0765. The van der Waals surface area contributed by atoms with Gasteiger partial charge in [-0.2, -0.15) is 4.98 Å². The zero-order valence-electron chi connectivity index (χ0n) is 9.88. The SMILES string of the molecule is Cc1noc(CSc2ccc(C(C)N)cc2)n1. The van der Waals surface area contributed by atoms with Gasteiger partial charge in [-0.05, 0) is 31.5 Å². The Hall–Kier alpha value is -1.33. The van der Waals surface area contributed by atoms with Crippen molar-refractivity contribution in [3.8, 4) is 0 Å². The molecule has 0 aliphatic carbocycles. The minimum atomic E-state index is 0.0765. The van der Waals surface area contributed by atoms with Gasteiger partial charge >= 0.3 is 0 Å². The molecule has 2 aromatic rings. The Labute approximate surface area is 105 Å². The summed E-state index contributed by atoms with van der Waals surface area (Å²) in [6.45, 7) is 3.79. The Bertz CT molecular complexity index is 479. The summed E-state index contributed by atoms with van der Waals surface area (Å²) >= 11 is 1.67. The summed E-state index contributed by atoms with van der Waals surface area (Å²) < 4.78 is 5.05. The fourth-order valence-corrected chi connectivity index (χ4v) is 2.15. The van der Waals surface area contributed by atoms with E-state index in [4.69, 9.17) is 10.3 Å². The Balaban J connectivity index is 1.95. The molecule has 4 nitrogen and oxygen atoms in total. The summed E-state index contributed by atoms with van der Waals surface area (Å²) in [4.78, 5) is 5.32. The summed E-state index contributed by atoms with van der Waals surface area (Å²) in [7, 11) is 0. The number of hydrogen-bond acceptors (Lipinski definition) is 5.